The van der Waals surface area contributed by atoms with E-state index in [1.807, 2.05) is 6.08 Å². The molecule has 2 atom stereocenters. The summed E-state index contributed by atoms with van der Waals surface area (Å²) in [6.45, 7) is 4.18. The van der Waals surface area contributed by atoms with E-state index in [2.05, 4.69) is 116 Å². The Bertz CT molecular complexity index is 1220. The van der Waals surface area contributed by atoms with Crippen LogP contribution in [0, 0.1) is 0 Å². The van der Waals surface area contributed by atoms with Gasteiger partial charge in [0.2, 0.25) is 5.91 Å². The van der Waals surface area contributed by atoms with Gasteiger partial charge < -0.3 is 15.5 Å². The second kappa shape index (κ2) is 53.4. The van der Waals surface area contributed by atoms with Gasteiger partial charge in [-0.15, -0.1) is 0 Å². The Morgan fingerprint density at radius 2 is 0.698 bits per heavy atom. The first-order chi connectivity index (χ1) is 31.2. The van der Waals surface area contributed by atoms with Crippen molar-refractivity contribution in [2.45, 2.75) is 251 Å². The molecule has 4 heteroatoms. The lowest BCUT2D eigenvalue weighted by Gasteiger charge is -2.19. The zero-order valence-corrected chi connectivity index (χ0v) is 41.3. The van der Waals surface area contributed by atoms with E-state index in [0.717, 1.165) is 83.5 Å². The summed E-state index contributed by atoms with van der Waals surface area (Å²) in [5.41, 5.74) is 0. The predicted molar refractivity (Wildman–Crippen MR) is 280 cm³/mol. The van der Waals surface area contributed by atoms with Crippen LogP contribution in [0.2, 0.25) is 0 Å². The molecule has 1 amide bonds. The van der Waals surface area contributed by atoms with Crippen LogP contribution >= 0.6 is 0 Å². The number of aliphatic hydroxyl groups is 2. The summed E-state index contributed by atoms with van der Waals surface area (Å²) < 4.78 is 0. The van der Waals surface area contributed by atoms with Crippen molar-refractivity contribution >= 4 is 5.91 Å². The van der Waals surface area contributed by atoms with Crippen LogP contribution in [0.15, 0.2) is 109 Å². The van der Waals surface area contributed by atoms with Crippen molar-refractivity contribution in [1.29, 1.82) is 0 Å². The highest BCUT2D eigenvalue weighted by atomic mass is 16.3. The molecule has 0 bridgehead atoms. The van der Waals surface area contributed by atoms with Crippen LogP contribution in [0.1, 0.15) is 239 Å². The molecule has 0 saturated carbocycles. The van der Waals surface area contributed by atoms with E-state index in [1.165, 1.54) is 135 Å². The van der Waals surface area contributed by atoms with Crippen molar-refractivity contribution < 1.29 is 15.0 Å². The summed E-state index contributed by atoms with van der Waals surface area (Å²) in [4.78, 5) is 12.4. The summed E-state index contributed by atoms with van der Waals surface area (Å²) in [6.07, 6.45) is 80.9. The van der Waals surface area contributed by atoms with E-state index in [4.69, 9.17) is 0 Å². The number of allylic oxidation sites excluding steroid dienone is 17. The second-order valence-corrected chi connectivity index (χ2v) is 17.6. The predicted octanol–water partition coefficient (Wildman–Crippen LogP) is 17.5. The Balaban J connectivity index is 3.67. The quantitative estimate of drug-likeness (QED) is 0.0421. The van der Waals surface area contributed by atoms with Crippen LogP contribution in [0.3, 0.4) is 0 Å². The molecule has 0 saturated heterocycles. The fraction of sp³-hybridized carbons (Fsp3) is 0.678. The monoisotopic (exact) mass is 872 g/mol. The molecule has 0 aromatic rings. The van der Waals surface area contributed by atoms with Crippen LogP contribution < -0.4 is 5.32 Å². The third-order valence-corrected chi connectivity index (χ3v) is 11.5. The Labute approximate surface area is 391 Å². The lowest BCUT2D eigenvalue weighted by Crippen LogP contribution is -2.45. The number of hydrogen-bond acceptors (Lipinski definition) is 3. The third-order valence-electron chi connectivity index (χ3n) is 11.5. The van der Waals surface area contributed by atoms with Crippen LogP contribution in [0.25, 0.3) is 0 Å². The fourth-order valence-electron chi connectivity index (χ4n) is 7.49. The van der Waals surface area contributed by atoms with Crippen LogP contribution in [0.5, 0.6) is 0 Å². The van der Waals surface area contributed by atoms with E-state index < -0.39 is 12.1 Å². The summed E-state index contributed by atoms with van der Waals surface area (Å²) in [6, 6.07) is -0.655. The van der Waals surface area contributed by atoms with Gasteiger partial charge in [-0.1, -0.05) is 258 Å². The van der Waals surface area contributed by atoms with E-state index >= 15 is 0 Å². The van der Waals surface area contributed by atoms with Gasteiger partial charge in [0.05, 0.1) is 18.8 Å². The van der Waals surface area contributed by atoms with Gasteiger partial charge in [0, 0.05) is 6.42 Å². The number of rotatable bonds is 47. The molecule has 360 valence electrons. The second-order valence-electron chi connectivity index (χ2n) is 17.6. The van der Waals surface area contributed by atoms with Gasteiger partial charge in [0.1, 0.15) is 0 Å². The fourth-order valence-corrected chi connectivity index (χ4v) is 7.49. The Kier molecular flexibility index (Phi) is 50.9. The number of carbonyl (C=O) groups is 1. The van der Waals surface area contributed by atoms with Crippen LogP contribution in [0.4, 0.5) is 0 Å². The van der Waals surface area contributed by atoms with Crippen LogP contribution in [-0.2, 0) is 4.79 Å². The molecule has 0 aromatic carbocycles. The summed E-state index contributed by atoms with van der Waals surface area (Å²) in [7, 11) is 0. The van der Waals surface area contributed by atoms with Crippen molar-refractivity contribution in [3.8, 4) is 0 Å². The van der Waals surface area contributed by atoms with Crippen molar-refractivity contribution in [2.75, 3.05) is 6.61 Å². The van der Waals surface area contributed by atoms with Gasteiger partial charge in [-0.05, 0) is 83.5 Å². The minimum Gasteiger partial charge on any atom is -0.394 e. The largest absolute Gasteiger partial charge is 0.394 e. The van der Waals surface area contributed by atoms with Gasteiger partial charge in [-0.2, -0.15) is 0 Å². The molecule has 2 unspecified atom stereocenters. The first-order valence-corrected chi connectivity index (χ1v) is 26.6. The molecule has 0 heterocycles. The average molecular weight is 872 g/mol. The molecule has 63 heavy (non-hydrogen) atoms. The molecule has 0 aliphatic carbocycles. The molecule has 0 aliphatic rings. The molecule has 4 nitrogen and oxygen atoms in total. The highest BCUT2D eigenvalue weighted by molar-refractivity contribution is 5.76. The average Bonchev–Trinajstić information content (AvgIpc) is 3.29. The molecule has 3 N–H and O–H groups in total. The van der Waals surface area contributed by atoms with E-state index in [0.29, 0.717) is 6.42 Å². The number of aliphatic hydroxyl groups excluding tert-OH is 2. The summed E-state index contributed by atoms with van der Waals surface area (Å²) in [5, 5.41) is 23.1. The minimum atomic E-state index is -0.867. The van der Waals surface area contributed by atoms with E-state index in [-0.39, 0.29) is 12.5 Å². The summed E-state index contributed by atoms with van der Waals surface area (Å²) in [5.74, 6) is -0.109. The van der Waals surface area contributed by atoms with Gasteiger partial charge >= 0.3 is 0 Å². The van der Waals surface area contributed by atoms with Crippen LogP contribution in [-0.4, -0.2) is 34.9 Å². The first kappa shape index (κ1) is 60.1. The summed E-state index contributed by atoms with van der Waals surface area (Å²) >= 11 is 0. The maximum Gasteiger partial charge on any atom is 0.220 e. The Morgan fingerprint density at radius 3 is 1.05 bits per heavy atom. The number of unbranched alkanes of at least 4 members (excludes halogenated alkanes) is 24. The topological polar surface area (TPSA) is 69.6 Å². The number of nitrogens with one attached hydrogen (secondary N) is 1. The third kappa shape index (κ3) is 49.9. The Morgan fingerprint density at radius 1 is 0.397 bits per heavy atom. The molecule has 0 aliphatic heterocycles. The van der Waals surface area contributed by atoms with Gasteiger partial charge in [0.25, 0.3) is 0 Å². The zero-order chi connectivity index (χ0) is 45.6. The molecule has 0 spiro atoms. The standard InChI is InChI=1S/C59H101NO3/c1-3-5-7-9-11-13-15-17-19-21-23-25-27-29-30-31-33-35-37-39-41-43-45-47-49-51-53-55-59(63)60-57(56-61)58(62)54-52-50-48-46-44-42-40-38-36-34-32-28-26-24-22-20-18-16-14-12-10-8-6-4-2/h5,7,11,13,17,19,23,25,29-30,33,35,39,41,45,47,52,54,57-58,61-62H,3-4,6,8-10,12,14-16,18,20-22,24,26-28,31-32,34,36-38,40,42-44,46,48-51,53,55-56H2,1-2H3,(H,60,63)/b7-5-,13-11-,19-17-,25-23-,30-29-,35-33-,41-39-,47-45-,54-52+. The van der Waals surface area contributed by atoms with Crippen molar-refractivity contribution in [3.05, 3.63) is 109 Å². The van der Waals surface area contributed by atoms with E-state index in [1.54, 1.807) is 6.08 Å². The van der Waals surface area contributed by atoms with Gasteiger partial charge in [-0.3, -0.25) is 4.79 Å². The van der Waals surface area contributed by atoms with Gasteiger partial charge in [-0.25, -0.2) is 0 Å². The Hall–Kier alpha value is -2.95. The normalized spacial score (nSPS) is 13.8. The smallest absolute Gasteiger partial charge is 0.220 e. The number of hydrogen-bond donors (Lipinski definition) is 3. The molecule has 0 rings (SSSR count). The maximum absolute atomic E-state index is 12.4. The minimum absolute atomic E-state index is 0.109. The highest BCUT2D eigenvalue weighted by Crippen LogP contribution is 2.16. The lowest BCUT2D eigenvalue weighted by atomic mass is 10.0. The lowest BCUT2D eigenvalue weighted by molar-refractivity contribution is -0.123. The molecule has 0 aromatic heterocycles. The van der Waals surface area contributed by atoms with Crippen molar-refractivity contribution in [1.82, 2.24) is 5.32 Å². The zero-order valence-electron chi connectivity index (χ0n) is 41.3. The van der Waals surface area contributed by atoms with E-state index in [9.17, 15) is 15.0 Å². The van der Waals surface area contributed by atoms with Crippen molar-refractivity contribution in [3.63, 3.8) is 0 Å². The highest BCUT2D eigenvalue weighted by Gasteiger charge is 2.17. The molecule has 0 fully saturated rings. The van der Waals surface area contributed by atoms with Crippen molar-refractivity contribution in [2.24, 2.45) is 0 Å². The maximum atomic E-state index is 12.4. The van der Waals surface area contributed by atoms with Gasteiger partial charge in [0.15, 0.2) is 0 Å². The first-order valence-electron chi connectivity index (χ1n) is 26.6. The molecule has 0 radical (unpaired) electrons. The molecular formula is C59H101NO3. The molecular weight excluding hydrogens is 771 g/mol. The SMILES string of the molecule is CC/C=C\C/C=C\C/C=C\C/C=C\C/C=C\C/C=C\C/C=C\C/C=C\CCCCC(=O)NC(CO)C(O)/C=C/CCCCCCCCCCCCCCCCCCCCCCCC. The number of amides is 1. The number of carbonyl (C=O) groups excluding carboxylic acids is 1.